The summed E-state index contributed by atoms with van der Waals surface area (Å²) in [4.78, 5) is 14.6. The molecule has 0 aliphatic carbocycles. The number of halogens is 2. The van der Waals surface area contributed by atoms with Crippen LogP contribution >= 0.6 is 12.4 Å². The van der Waals surface area contributed by atoms with Crippen LogP contribution in [0, 0.1) is 5.82 Å². The Morgan fingerprint density at radius 2 is 1.93 bits per heavy atom. The van der Waals surface area contributed by atoms with Gasteiger partial charge >= 0.3 is 0 Å². The van der Waals surface area contributed by atoms with Gasteiger partial charge in [0.05, 0.1) is 6.54 Å². The quantitative estimate of drug-likeness (QED) is 0.846. The highest BCUT2D eigenvalue weighted by atomic mass is 35.5. The van der Waals surface area contributed by atoms with Gasteiger partial charge in [0.25, 0.3) is 0 Å². The number of hydrogen-bond acceptors (Lipinski definition) is 4. The molecule has 1 amide bonds. The van der Waals surface area contributed by atoms with E-state index in [1.807, 2.05) is 11.8 Å². The normalized spacial score (nSPS) is 18.3. The van der Waals surface area contributed by atoms with Crippen LogP contribution in [0.5, 0.6) is 0 Å². The van der Waals surface area contributed by atoms with Crippen LogP contribution in [0.3, 0.4) is 0 Å². The minimum atomic E-state index is -0.245. The molecule has 4 rings (SSSR count). The zero-order valence-corrected chi connectivity index (χ0v) is 16.9. The summed E-state index contributed by atoms with van der Waals surface area (Å²) < 4.78 is 15.3. The van der Waals surface area contributed by atoms with Crippen molar-refractivity contribution in [3.63, 3.8) is 0 Å². The van der Waals surface area contributed by atoms with Crippen LogP contribution in [-0.4, -0.2) is 45.2 Å². The first kappa shape index (κ1) is 20.7. The molecule has 28 heavy (non-hydrogen) atoms. The number of rotatable bonds is 4. The van der Waals surface area contributed by atoms with E-state index in [1.165, 1.54) is 12.1 Å². The molecule has 3 heterocycles. The Kier molecular flexibility index (Phi) is 6.67. The Morgan fingerprint density at radius 1 is 1.21 bits per heavy atom. The third kappa shape index (κ3) is 4.36. The largest absolute Gasteiger partial charge is 0.343 e. The Balaban J connectivity index is 0.00000225. The minimum Gasteiger partial charge on any atom is -0.343 e. The molecular formula is C20H27ClFN5O. The molecule has 2 aliphatic rings. The molecule has 6 nitrogen and oxygen atoms in total. The highest BCUT2D eigenvalue weighted by molar-refractivity contribution is 5.85. The molecule has 2 aromatic rings. The number of fused-ring (bicyclic) bond motifs is 1. The van der Waals surface area contributed by atoms with Gasteiger partial charge < -0.3 is 14.8 Å². The van der Waals surface area contributed by atoms with Gasteiger partial charge in [-0.3, -0.25) is 4.79 Å². The molecule has 1 aromatic carbocycles. The van der Waals surface area contributed by atoms with E-state index in [4.69, 9.17) is 0 Å². The molecule has 0 radical (unpaired) electrons. The summed E-state index contributed by atoms with van der Waals surface area (Å²) in [5, 5.41) is 12.1. The number of hydrogen-bond donors (Lipinski definition) is 1. The maximum Gasteiger partial charge on any atom is 0.223 e. The van der Waals surface area contributed by atoms with Gasteiger partial charge in [-0.05, 0) is 36.5 Å². The van der Waals surface area contributed by atoms with Crippen molar-refractivity contribution in [2.45, 2.75) is 51.1 Å². The van der Waals surface area contributed by atoms with Crippen molar-refractivity contribution in [3.8, 4) is 0 Å². The second-order valence-corrected chi connectivity index (χ2v) is 7.61. The highest BCUT2D eigenvalue weighted by Gasteiger charge is 2.29. The van der Waals surface area contributed by atoms with E-state index < -0.39 is 0 Å². The lowest BCUT2D eigenvalue weighted by Gasteiger charge is -2.32. The third-order valence-corrected chi connectivity index (χ3v) is 5.78. The van der Waals surface area contributed by atoms with E-state index in [-0.39, 0.29) is 30.0 Å². The predicted octanol–water partition coefficient (Wildman–Crippen LogP) is 2.84. The molecular weight excluding hydrogens is 381 g/mol. The first-order valence-corrected chi connectivity index (χ1v) is 9.77. The lowest BCUT2D eigenvalue weighted by Crippen LogP contribution is -2.39. The Bertz CT molecular complexity index is 801. The van der Waals surface area contributed by atoms with Crippen molar-refractivity contribution in [3.05, 3.63) is 47.3 Å². The minimum absolute atomic E-state index is 0. The van der Waals surface area contributed by atoms with E-state index in [1.54, 1.807) is 12.1 Å². The Hall–Kier alpha value is -1.99. The van der Waals surface area contributed by atoms with Gasteiger partial charge in [0.2, 0.25) is 5.91 Å². The second kappa shape index (κ2) is 9.01. The zero-order chi connectivity index (χ0) is 18.8. The van der Waals surface area contributed by atoms with E-state index in [2.05, 4.69) is 20.1 Å². The number of carbonyl (C=O) groups excluding carboxylic acids is 1. The molecule has 2 aliphatic heterocycles. The lowest BCUT2D eigenvalue weighted by molar-refractivity contribution is -0.132. The molecule has 1 fully saturated rings. The molecule has 0 bridgehead atoms. The van der Waals surface area contributed by atoms with E-state index in [0.717, 1.165) is 62.8 Å². The SMILES string of the molecule is CC(CC(=O)N1CCC(c2nnc3n2CCNC3)CC1)c1ccc(F)cc1.Cl. The maximum absolute atomic E-state index is 13.1. The summed E-state index contributed by atoms with van der Waals surface area (Å²) >= 11 is 0. The van der Waals surface area contributed by atoms with Crippen LogP contribution in [0.25, 0.3) is 0 Å². The summed E-state index contributed by atoms with van der Waals surface area (Å²) in [6, 6.07) is 6.44. The van der Waals surface area contributed by atoms with Crippen LogP contribution in [0.1, 0.15) is 55.2 Å². The monoisotopic (exact) mass is 407 g/mol. The summed E-state index contributed by atoms with van der Waals surface area (Å²) in [6.07, 6.45) is 2.33. The molecule has 152 valence electrons. The molecule has 1 atom stereocenters. The predicted molar refractivity (Wildman–Crippen MR) is 107 cm³/mol. The number of benzene rings is 1. The van der Waals surface area contributed by atoms with Crippen molar-refractivity contribution < 1.29 is 9.18 Å². The van der Waals surface area contributed by atoms with Crippen LogP contribution in [-0.2, 0) is 17.9 Å². The van der Waals surface area contributed by atoms with Gasteiger partial charge in [0.1, 0.15) is 17.5 Å². The van der Waals surface area contributed by atoms with Crippen molar-refractivity contribution in [2.75, 3.05) is 19.6 Å². The van der Waals surface area contributed by atoms with Crippen LogP contribution in [0.15, 0.2) is 24.3 Å². The summed E-state index contributed by atoms with van der Waals surface area (Å²) in [5.74, 6) is 2.50. The maximum atomic E-state index is 13.1. The average Bonchev–Trinajstić information content (AvgIpc) is 3.12. The number of carbonyl (C=O) groups is 1. The molecule has 0 saturated carbocycles. The number of nitrogens with one attached hydrogen (secondary N) is 1. The molecule has 0 spiro atoms. The van der Waals surface area contributed by atoms with Crippen molar-refractivity contribution >= 4 is 18.3 Å². The van der Waals surface area contributed by atoms with Gasteiger partial charge in [0.15, 0.2) is 0 Å². The standard InChI is InChI=1S/C20H26FN5O.ClH/c1-14(15-2-4-17(21)5-3-15)12-19(27)25-9-6-16(7-10-25)20-24-23-18-13-22-8-11-26(18)20;/h2-5,14,16,22H,6-13H2,1H3;1H. The lowest BCUT2D eigenvalue weighted by atomic mass is 9.93. The van der Waals surface area contributed by atoms with Crippen molar-refractivity contribution in [1.29, 1.82) is 0 Å². The van der Waals surface area contributed by atoms with E-state index >= 15 is 0 Å². The van der Waals surface area contributed by atoms with Crippen LogP contribution in [0.4, 0.5) is 4.39 Å². The molecule has 1 aromatic heterocycles. The topological polar surface area (TPSA) is 63.1 Å². The Labute approximate surface area is 170 Å². The van der Waals surface area contributed by atoms with E-state index in [9.17, 15) is 9.18 Å². The zero-order valence-electron chi connectivity index (χ0n) is 16.1. The number of likely N-dealkylation sites (tertiary alicyclic amines) is 1. The summed E-state index contributed by atoms with van der Waals surface area (Å²) in [5.41, 5.74) is 1.00. The third-order valence-electron chi connectivity index (χ3n) is 5.78. The van der Waals surface area contributed by atoms with Gasteiger partial charge in [-0.1, -0.05) is 19.1 Å². The first-order chi connectivity index (χ1) is 13.1. The van der Waals surface area contributed by atoms with Gasteiger partial charge in [-0.15, -0.1) is 22.6 Å². The fourth-order valence-electron chi connectivity index (χ4n) is 4.10. The number of piperidine rings is 1. The fourth-order valence-corrected chi connectivity index (χ4v) is 4.10. The van der Waals surface area contributed by atoms with Crippen molar-refractivity contribution in [2.24, 2.45) is 0 Å². The van der Waals surface area contributed by atoms with Crippen LogP contribution < -0.4 is 5.32 Å². The summed E-state index contributed by atoms with van der Waals surface area (Å²) in [7, 11) is 0. The average molecular weight is 408 g/mol. The van der Waals surface area contributed by atoms with Gasteiger partial charge in [-0.2, -0.15) is 0 Å². The molecule has 8 heteroatoms. The molecule has 1 saturated heterocycles. The smallest absolute Gasteiger partial charge is 0.223 e. The van der Waals surface area contributed by atoms with Gasteiger partial charge in [0, 0.05) is 38.5 Å². The highest BCUT2D eigenvalue weighted by Crippen LogP contribution is 2.29. The van der Waals surface area contributed by atoms with Crippen LogP contribution in [0.2, 0.25) is 0 Å². The molecule has 1 N–H and O–H groups in total. The fraction of sp³-hybridized carbons (Fsp3) is 0.550. The van der Waals surface area contributed by atoms with Crippen molar-refractivity contribution in [1.82, 2.24) is 25.0 Å². The first-order valence-electron chi connectivity index (χ1n) is 9.77. The number of nitrogens with zero attached hydrogens (tertiary/aromatic N) is 4. The number of aromatic nitrogens is 3. The molecule has 1 unspecified atom stereocenters. The Morgan fingerprint density at radius 3 is 2.64 bits per heavy atom. The summed E-state index contributed by atoms with van der Waals surface area (Å²) in [6.45, 7) is 6.21. The number of amides is 1. The van der Waals surface area contributed by atoms with E-state index in [0.29, 0.717) is 12.3 Å². The second-order valence-electron chi connectivity index (χ2n) is 7.61. The van der Waals surface area contributed by atoms with Gasteiger partial charge in [-0.25, -0.2) is 4.39 Å².